The van der Waals surface area contributed by atoms with Crippen LogP contribution in [0.5, 0.6) is 0 Å². The van der Waals surface area contributed by atoms with Gasteiger partial charge in [0.2, 0.25) is 0 Å². The van der Waals surface area contributed by atoms with Gasteiger partial charge in [0.1, 0.15) is 0 Å². The van der Waals surface area contributed by atoms with E-state index in [4.69, 9.17) is 0 Å². The van der Waals surface area contributed by atoms with Crippen LogP contribution in [0.15, 0.2) is 12.1 Å². The second-order valence-corrected chi connectivity index (χ2v) is 6.34. The van der Waals surface area contributed by atoms with Crippen LogP contribution in [0.25, 0.3) is 0 Å². The van der Waals surface area contributed by atoms with Crippen LogP contribution < -0.4 is 5.32 Å². The lowest BCUT2D eigenvalue weighted by atomic mass is 10.2. The van der Waals surface area contributed by atoms with E-state index in [1.807, 2.05) is 11.3 Å². The summed E-state index contributed by atoms with van der Waals surface area (Å²) in [6.07, 6.45) is 0. The molecule has 0 spiro atoms. The molecular weight excluding hydrogens is 198 g/mol. The Morgan fingerprint density at radius 3 is 2.85 bits per heavy atom. The zero-order valence-electron chi connectivity index (χ0n) is 8.04. The van der Waals surface area contributed by atoms with Crippen molar-refractivity contribution in [2.24, 2.45) is 0 Å². The number of hydrogen-bond acceptors (Lipinski definition) is 3. The van der Waals surface area contributed by atoms with Gasteiger partial charge in [-0.15, -0.1) is 11.3 Å². The second kappa shape index (κ2) is 4.03. The molecule has 2 atom stereocenters. The Labute approximate surface area is 87.9 Å². The van der Waals surface area contributed by atoms with Gasteiger partial charge in [-0.3, -0.25) is 0 Å². The van der Waals surface area contributed by atoms with E-state index >= 15 is 0 Å². The molecule has 1 aromatic heterocycles. The van der Waals surface area contributed by atoms with Gasteiger partial charge in [-0.05, 0) is 19.1 Å². The molecule has 1 N–H and O–H groups in total. The van der Waals surface area contributed by atoms with Gasteiger partial charge in [0.25, 0.3) is 0 Å². The fourth-order valence-electron chi connectivity index (χ4n) is 1.51. The van der Waals surface area contributed by atoms with E-state index in [2.05, 4.69) is 43.1 Å². The molecule has 1 fully saturated rings. The summed E-state index contributed by atoms with van der Waals surface area (Å²) < 4.78 is 0. The van der Waals surface area contributed by atoms with Crippen molar-refractivity contribution < 1.29 is 0 Å². The Hall–Kier alpha value is 0.01000. The SMILES string of the molecule is Cc1ccc(C2CSC(C)CN2)s1. The minimum absolute atomic E-state index is 0.597. The van der Waals surface area contributed by atoms with E-state index in [1.165, 1.54) is 15.5 Å². The number of aryl methyl sites for hydroxylation is 1. The first-order valence-corrected chi connectivity index (χ1v) is 6.53. The van der Waals surface area contributed by atoms with Gasteiger partial charge < -0.3 is 5.32 Å². The van der Waals surface area contributed by atoms with Crippen LogP contribution in [0.2, 0.25) is 0 Å². The average molecular weight is 213 g/mol. The lowest BCUT2D eigenvalue weighted by Gasteiger charge is -2.26. The van der Waals surface area contributed by atoms with E-state index in [0.29, 0.717) is 6.04 Å². The van der Waals surface area contributed by atoms with Crippen LogP contribution in [0.3, 0.4) is 0 Å². The van der Waals surface area contributed by atoms with Gasteiger partial charge in [-0.25, -0.2) is 0 Å². The molecule has 3 heteroatoms. The topological polar surface area (TPSA) is 12.0 Å². The van der Waals surface area contributed by atoms with Crippen molar-refractivity contribution in [2.75, 3.05) is 12.3 Å². The molecule has 1 saturated heterocycles. The Morgan fingerprint density at radius 2 is 2.31 bits per heavy atom. The molecule has 1 aliphatic rings. The third-order valence-corrected chi connectivity index (χ3v) is 4.68. The highest BCUT2D eigenvalue weighted by Gasteiger charge is 2.19. The molecule has 2 unspecified atom stereocenters. The highest BCUT2D eigenvalue weighted by molar-refractivity contribution is 8.00. The molecule has 0 radical (unpaired) electrons. The highest BCUT2D eigenvalue weighted by atomic mass is 32.2. The van der Waals surface area contributed by atoms with Crippen LogP contribution in [0, 0.1) is 6.92 Å². The molecule has 2 rings (SSSR count). The van der Waals surface area contributed by atoms with Gasteiger partial charge in [0.15, 0.2) is 0 Å². The maximum atomic E-state index is 3.59. The Morgan fingerprint density at radius 1 is 1.46 bits per heavy atom. The zero-order chi connectivity index (χ0) is 9.26. The van der Waals surface area contributed by atoms with Crippen LogP contribution in [0.1, 0.15) is 22.7 Å². The first-order chi connectivity index (χ1) is 6.25. The first kappa shape index (κ1) is 9.56. The number of nitrogens with one attached hydrogen (secondary N) is 1. The lowest BCUT2D eigenvalue weighted by molar-refractivity contribution is 0.571. The Kier molecular flexibility index (Phi) is 2.96. The predicted molar refractivity (Wildman–Crippen MR) is 61.7 cm³/mol. The lowest BCUT2D eigenvalue weighted by Crippen LogP contribution is -2.34. The largest absolute Gasteiger partial charge is 0.307 e. The molecule has 0 aromatic carbocycles. The molecule has 72 valence electrons. The van der Waals surface area contributed by atoms with Gasteiger partial charge in [0.05, 0.1) is 6.04 Å². The first-order valence-electron chi connectivity index (χ1n) is 4.67. The third-order valence-electron chi connectivity index (χ3n) is 2.30. The van der Waals surface area contributed by atoms with E-state index in [1.54, 1.807) is 0 Å². The fraction of sp³-hybridized carbons (Fsp3) is 0.600. The Balaban J connectivity index is 2.02. The monoisotopic (exact) mass is 213 g/mol. The smallest absolute Gasteiger partial charge is 0.0507 e. The maximum absolute atomic E-state index is 3.59. The minimum atomic E-state index is 0.597. The van der Waals surface area contributed by atoms with Crippen molar-refractivity contribution in [1.82, 2.24) is 5.32 Å². The van der Waals surface area contributed by atoms with Gasteiger partial charge in [-0.2, -0.15) is 11.8 Å². The minimum Gasteiger partial charge on any atom is -0.307 e. The molecule has 1 aliphatic heterocycles. The van der Waals surface area contributed by atoms with Gasteiger partial charge in [0, 0.05) is 27.3 Å². The van der Waals surface area contributed by atoms with E-state index in [-0.39, 0.29) is 0 Å². The maximum Gasteiger partial charge on any atom is 0.0507 e. The standard InChI is InChI=1S/C10H15NS2/c1-7-3-4-10(13-7)9-6-12-8(2)5-11-9/h3-4,8-9,11H,5-6H2,1-2H3. The van der Waals surface area contributed by atoms with Crippen molar-refractivity contribution in [2.45, 2.75) is 25.1 Å². The van der Waals surface area contributed by atoms with Crippen LogP contribution in [0.4, 0.5) is 0 Å². The number of thiophene rings is 1. The zero-order valence-corrected chi connectivity index (χ0v) is 9.67. The Bertz CT molecular complexity index is 274. The molecule has 0 amide bonds. The van der Waals surface area contributed by atoms with Gasteiger partial charge in [-0.1, -0.05) is 6.92 Å². The fourth-order valence-corrected chi connectivity index (χ4v) is 3.60. The van der Waals surface area contributed by atoms with Crippen molar-refractivity contribution in [3.8, 4) is 0 Å². The summed E-state index contributed by atoms with van der Waals surface area (Å²) in [5.74, 6) is 1.22. The summed E-state index contributed by atoms with van der Waals surface area (Å²) in [7, 11) is 0. The number of rotatable bonds is 1. The summed E-state index contributed by atoms with van der Waals surface area (Å²) in [4.78, 5) is 2.91. The van der Waals surface area contributed by atoms with Gasteiger partial charge >= 0.3 is 0 Å². The normalized spacial score (nSPS) is 29.1. The summed E-state index contributed by atoms with van der Waals surface area (Å²) in [6, 6.07) is 5.07. The quantitative estimate of drug-likeness (QED) is 0.770. The molecule has 13 heavy (non-hydrogen) atoms. The van der Waals surface area contributed by atoms with Crippen LogP contribution >= 0.6 is 23.1 Å². The van der Waals surface area contributed by atoms with Crippen LogP contribution in [-0.2, 0) is 0 Å². The number of thioether (sulfide) groups is 1. The second-order valence-electron chi connectivity index (χ2n) is 3.55. The predicted octanol–water partition coefficient (Wildman–Crippen LogP) is 2.82. The summed E-state index contributed by atoms with van der Waals surface area (Å²) >= 11 is 3.99. The highest BCUT2D eigenvalue weighted by Crippen LogP contribution is 2.29. The van der Waals surface area contributed by atoms with Crippen molar-refractivity contribution >= 4 is 23.1 Å². The average Bonchev–Trinajstić information content (AvgIpc) is 2.53. The van der Waals surface area contributed by atoms with Crippen molar-refractivity contribution in [3.63, 3.8) is 0 Å². The van der Waals surface area contributed by atoms with E-state index < -0.39 is 0 Å². The van der Waals surface area contributed by atoms with E-state index in [0.717, 1.165) is 11.8 Å². The third kappa shape index (κ3) is 2.27. The number of hydrogen-bond donors (Lipinski definition) is 1. The van der Waals surface area contributed by atoms with E-state index in [9.17, 15) is 0 Å². The molecule has 2 heterocycles. The van der Waals surface area contributed by atoms with Crippen molar-refractivity contribution in [3.05, 3.63) is 21.9 Å². The summed E-state index contributed by atoms with van der Waals surface area (Å²) in [6.45, 7) is 5.60. The summed E-state index contributed by atoms with van der Waals surface area (Å²) in [5.41, 5.74) is 0. The molecule has 0 aliphatic carbocycles. The summed E-state index contributed by atoms with van der Waals surface area (Å²) in [5, 5.41) is 4.36. The molecule has 1 aromatic rings. The van der Waals surface area contributed by atoms with Crippen LogP contribution in [-0.4, -0.2) is 17.5 Å². The van der Waals surface area contributed by atoms with Crippen molar-refractivity contribution in [1.29, 1.82) is 0 Å². The molecule has 0 saturated carbocycles. The molecule has 1 nitrogen and oxygen atoms in total. The molecular formula is C10H15NS2. The molecule has 0 bridgehead atoms.